The summed E-state index contributed by atoms with van der Waals surface area (Å²) in [6, 6.07) is 2.28. The molecule has 0 bridgehead atoms. The summed E-state index contributed by atoms with van der Waals surface area (Å²) in [5.41, 5.74) is 6.57. The number of carbonyl (C=O) groups is 2. The number of hydrogen-bond donors (Lipinski definition) is 1. The van der Waals surface area contributed by atoms with E-state index in [0.29, 0.717) is 61.3 Å². The number of ketones is 2. The standard InChI is InChI=1S/C26H37N5O3/c1-30-13-7-8-18(30)17-34-22-16-21(31-14-4-5-15-31)28-25(29-22)23(27)19-9-6-12-26(24(19)33)11-3-2-10-20(26)32/h16,18H,2-15,17,27H2,1H3/b23-19-/t18-,26+/m0/s1. The molecular formula is C26H37N5O3. The fourth-order valence-corrected chi connectivity index (χ4v) is 6.16. The van der Waals surface area contributed by atoms with Gasteiger partial charge < -0.3 is 20.3 Å². The lowest BCUT2D eigenvalue weighted by Gasteiger charge is -2.38. The van der Waals surface area contributed by atoms with Gasteiger partial charge in [0.25, 0.3) is 0 Å². The van der Waals surface area contributed by atoms with Crippen molar-refractivity contribution in [1.82, 2.24) is 14.9 Å². The summed E-state index contributed by atoms with van der Waals surface area (Å²) >= 11 is 0. The van der Waals surface area contributed by atoms with Crippen LogP contribution in [0.15, 0.2) is 11.6 Å². The van der Waals surface area contributed by atoms with E-state index in [9.17, 15) is 9.59 Å². The fraction of sp³-hybridized carbons (Fsp3) is 0.692. The molecule has 0 unspecified atom stereocenters. The minimum absolute atomic E-state index is 0.0881. The Bertz CT molecular complexity index is 983. The van der Waals surface area contributed by atoms with Gasteiger partial charge in [0.1, 0.15) is 18.2 Å². The number of likely N-dealkylation sites (N-methyl/N-ethyl adjacent to an activating group) is 1. The van der Waals surface area contributed by atoms with Crippen molar-refractivity contribution in [1.29, 1.82) is 0 Å². The highest BCUT2D eigenvalue weighted by atomic mass is 16.5. The molecule has 1 aromatic rings. The fourth-order valence-electron chi connectivity index (χ4n) is 6.16. The third-order valence-corrected chi connectivity index (χ3v) is 8.31. The zero-order valence-corrected chi connectivity index (χ0v) is 20.4. The van der Waals surface area contributed by atoms with E-state index >= 15 is 0 Å². The largest absolute Gasteiger partial charge is 0.476 e. The van der Waals surface area contributed by atoms with E-state index in [1.165, 1.54) is 6.42 Å². The second kappa shape index (κ2) is 9.64. The molecule has 2 saturated heterocycles. The smallest absolute Gasteiger partial charge is 0.219 e. The number of hydrogen-bond acceptors (Lipinski definition) is 8. The van der Waals surface area contributed by atoms with E-state index in [0.717, 1.165) is 64.0 Å². The number of likely N-dealkylation sites (tertiary alicyclic amines) is 1. The van der Waals surface area contributed by atoms with Crippen molar-refractivity contribution in [3.05, 3.63) is 17.5 Å². The molecular weight excluding hydrogens is 430 g/mol. The Morgan fingerprint density at radius 1 is 1.06 bits per heavy atom. The Kier molecular flexibility index (Phi) is 6.60. The first-order chi connectivity index (χ1) is 16.5. The molecule has 2 aliphatic heterocycles. The lowest BCUT2D eigenvalue weighted by Crippen LogP contribution is -2.45. The minimum Gasteiger partial charge on any atom is -0.476 e. The van der Waals surface area contributed by atoms with Gasteiger partial charge in [-0.15, -0.1) is 0 Å². The lowest BCUT2D eigenvalue weighted by molar-refractivity contribution is -0.143. The number of Topliss-reactive ketones (excluding diaryl/α,β-unsaturated/α-hetero) is 2. The van der Waals surface area contributed by atoms with Crippen molar-refractivity contribution in [3.8, 4) is 5.88 Å². The van der Waals surface area contributed by atoms with Crippen LogP contribution in [0.5, 0.6) is 5.88 Å². The first-order valence-electron chi connectivity index (χ1n) is 13.0. The molecule has 2 atom stereocenters. The summed E-state index contributed by atoms with van der Waals surface area (Å²) in [4.78, 5) is 40.5. The van der Waals surface area contributed by atoms with Gasteiger partial charge in [-0.1, -0.05) is 6.42 Å². The van der Waals surface area contributed by atoms with Gasteiger partial charge in [0, 0.05) is 37.2 Å². The molecule has 1 aromatic heterocycles. The predicted octanol–water partition coefficient (Wildman–Crippen LogP) is 3.10. The van der Waals surface area contributed by atoms with Crippen LogP contribution < -0.4 is 15.4 Å². The zero-order chi connectivity index (χ0) is 23.7. The lowest BCUT2D eigenvalue weighted by atomic mass is 9.62. The normalized spacial score (nSPS) is 29.8. The molecule has 2 N–H and O–H groups in total. The van der Waals surface area contributed by atoms with E-state index in [-0.39, 0.29) is 11.6 Å². The van der Waals surface area contributed by atoms with Crippen LogP contribution in [-0.4, -0.2) is 65.8 Å². The Morgan fingerprint density at radius 2 is 1.85 bits per heavy atom. The molecule has 4 fully saturated rings. The first kappa shape index (κ1) is 23.3. The van der Waals surface area contributed by atoms with Gasteiger partial charge in [-0.05, 0) is 71.4 Å². The summed E-state index contributed by atoms with van der Waals surface area (Å²) in [6.07, 6.45) is 9.47. The van der Waals surface area contributed by atoms with E-state index in [1.807, 2.05) is 6.07 Å². The Morgan fingerprint density at radius 3 is 2.59 bits per heavy atom. The second-order valence-electron chi connectivity index (χ2n) is 10.5. The Hall–Kier alpha value is -2.48. The number of anilines is 1. The van der Waals surface area contributed by atoms with Crippen LogP contribution in [0.3, 0.4) is 0 Å². The number of allylic oxidation sites excluding steroid dienone is 1. The predicted molar refractivity (Wildman–Crippen MR) is 130 cm³/mol. The molecule has 0 radical (unpaired) electrons. The van der Waals surface area contributed by atoms with Crippen molar-refractivity contribution in [2.24, 2.45) is 11.1 Å². The van der Waals surface area contributed by atoms with Gasteiger partial charge in [-0.25, -0.2) is 4.98 Å². The maximum absolute atomic E-state index is 13.6. The quantitative estimate of drug-likeness (QED) is 0.521. The zero-order valence-electron chi connectivity index (χ0n) is 20.4. The maximum Gasteiger partial charge on any atom is 0.219 e. The van der Waals surface area contributed by atoms with Crippen LogP contribution >= 0.6 is 0 Å². The Labute approximate surface area is 201 Å². The molecule has 8 heteroatoms. The molecule has 2 aliphatic carbocycles. The molecule has 2 saturated carbocycles. The van der Waals surface area contributed by atoms with Gasteiger partial charge in [0.05, 0.1) is 11.1 Å². The van der Waals surface area contributed by atoms with E-state index in [1.54, 1.807) is 0 Å². The van der Waals surface area contributed by atoms with Crippen molar-refractivity contribution in [2.45, 2.75) is 76.7 Å². The number of aromatic nitrogens is 2. The van der Waals surface area contributed by atoms with Gasteiger partial charge >= 0.3 is 0 Å². The van der Waals surface area contributed by atoms with Crippen molar-refractivity contribution in [2.75, 3.05) is 38.2 Å². The van der Waals surface area contributed by atoms with Crippen LogP contribution in [0.4, 0.5) is 5.82 Å². The summed E-state index contributed by atoms with van der Waals surface area (Å²) in [5, 5.41) is 0. The molecule has 4 aliphatic rings. The molecule has 0 amide bonds. The van der Waals surface area contributed by atoms with Gasteiger partial charge in [0.2, 0.25) is 5.88 Å². The third-order valence-electron chi connectivity index (χ3n) is 8.31. The molecule has 8 nitrogen and oxygen atoms in total. The van der Waals surface area contributed by atoms with Crippen LogP contribution in [0, 0.1) is 5.41 Å². The maximum atomic E-state index is 13.6. The van der Waals surface area contributed by atoms with E-state index < -0.39 is 5.41 Å². The van der Waals surface area contributed by atoms with Crippen LogP contribution in [0.1, 0.15) is 76.5 Å². The molecule has 0 aromatic carbocycles. The minimum atomic E-state index is -0.880. The Balaban J connectivity index is 1.47. The monoisotopic (exact) mass is 467 g/mol. The molecule has 5 rings (SSSR count). The number of ether oxygens (including phenoxy) is 1. The van der Waals surface area contributed by atoms with Crippen LogP contribution in [0.25, 0.3) is 5.70 Å². The molecule has 34 heavy (non-hydrogen) atoms. The van der Waals surface area contributed by atoms with Crippen molar-refractivity contribution in [3.63, 3.8) is 0 Å². The molecule has 184 valence electrons. The summed E-state index contributed by atoms with van der Waals surface area (Å²) in [5.74, 6) is 1.65. The summed E-state index contributed by atoms with van der Waals surface area (Å²) in [6.45, 7) is 3.53. The van der Waals surface area contributed by atoms with Crippen molar-refractivity contribution < 1.29 is 14.3 Å². The van der Waals surface area contributed by atoms with Gasteiger partial charge in [0.15, 0.2) is 11.6 Å². The van der Waals surface area contributed by atoms with Crippen molar-refractivity contribution >= 4 is 23.1 Å². The van der Waals surface area contributed by atoms with Gasteiger partial charge in [-0.3, -0.25) is 9.59 Å². The van der Waals surface area contributed by atoms with E-state index in [4.69, 9.17) is 15.5 Å². The molecule has 1 spiro atoms. The highest BCUT2D eigenvalue weighted by molar-refractivity contribution is 6.17. The highest BCUT2D eigenvalue weighted by Crippen LogP contribution is 2.45. The first-order valence-corrected chi connectivity index (χ1v) is 13.0. The number of nitrogens with zero attached hydrogens (tertiary/aromatic N) is 4. The van der Waals surface area contributed by atoms with E-state index in [2.05, 4.69) is 21.8 Å². The van der Waals surface area contributed by atoms with Crippen LogP contribution in [0.2, 0.25) is 0 Å². The molecule has 3 heterocycles. The SMILES string of the molecule is CN1CCC[C@H]1COc1cc(N2CCCC2)nc(/C(N)=C2\CCC[C@@]3(CCCCC3=O)C2=O)n1. The third kappa shape index (κ3) is 4.32. The topological polar surface area (TPSA) is 102 Å². The summed E-state index contributed by atoms with van der Waals surface area (Å²) < 4.78 is 6.16. The average Bonchev–Trinajstić information content (AvgIpc) is 3.53. The second-order valence-corrected chi connectivity index (χ2v) is 10.5. The van der Waals surface area contributed by atoms with Gasteiger partial charge in [-0.2, -0.15) is 4.98 Å². The number of carbonyl (C=O) groups excluding carboxylic acids is 2. The number of nitrogens with two attached hydrogens (primary N) is 1. The number of rotatable bonds is 5. The summed E-state index contributed by atoms with van der Waals surface area (Å²) in [7, 11) is 2.13. The van der Waals surface area contributed by atoms with Crippen LogP contribution in [-0.2, 0) is 9.59 Å². The highest BCUT2D eigenvalue weighted by Gasteiger charge is 2.49. The average molecular weight is 468 g/mol.